The number of rotatable bonds is 1. The van der Waals surface area contributed by atoms with Crippen molar-refractivity contribution in [2.45, 2.75) is 5.33 Å². The summed E-state index contributed by atoms with van der Waals surface area (Å²) in [5.74, 6) is 0. The first-order valence-electron chi connectivity index (χ1n) is 2.36. The zero-order valence-corrected chi connectivity index (χ0v) is 6.22. The fourth-order valence-corrected chi connectivity index (χ4v) is 0.830. The smallest absolute Gasteiger partial charge is 0.276 e. The van der Waals surface area contributed by atoms with Crippen molar-refractivity contribution in [3.8, 4) is 0 Å². The molecule has 1 rings (SSSR count). The van der Waals surface area contributed by atoms with Gasteiger partial charge in [0, 0.05) is 24.1 Å². The molecule has 1 heterocycles. The molecule has 8 heavy (non-hydrogen) atoms. The molecule has 0 aromatic carbocycles. The Hall–Kier alpha value is -0.310. The van der Waals surface area contributed by atoms with Crippen LogP contribution in [-0.2, 0) is 12.4 Å². The molecule has 0 aliphatic rings. The summed E-state index contributed by atoms with van der Waals surface area (Å²) in [5.41, 5.74) is 1.22. The molecule has 44 valence electrons. The standard InChI is InChI=1S/C5H7BrN2/c1-8-4-5(2-6)3-7-8/h3-4H,2H2,1H3/p+1. The van der Waals surface area contributed by atoms with E-state index in [4.69, 9.17) is 0 Å². The van der Waals surface area contributed by atoms with E-state index in [2.05, 4.69) is 21.0 Å². The predicted octanol–water partition coefficient (Wildman–Crippen LogP) is 1.43. The second kappa shape index (κ2) is 2.31. The molecule has 0 spiro atoms. The number of hydrogen-bond donors (Lipinski definition) is 0. The predicted molar refractivity (Wildman–Crippen MR) is 37.0 cm³/mol. The monoisotopic (exact) mass is 175 g/mol. The quantitative estimate of drug-likeness (QED) is 0.591. The Morgan fingerprint density at radius 2 is 2.75 bits per heavy atom. The number of halogens is 1. The van der Waals surface area contributed by atoms with Crippen LogP contribution in [0, 0.1) is 0 Å². The van der Waals surface area contributed by atoms with Gasteiger partial charge in [0.2, 0.25) is 0 Å². The first-order valence-corrected chi connectivity index (χ1v) is 3.48. The topological polar surface area (TPSA) is 17.8 Å². The summed E-state index contributed by atoms with van der Waals surface area (Å²) in [5, 5.41) is 4.86. The molecule has 2 nitrogen and oxygen atoms in total. The van der Waals surface area contributed by atoms with Crippen LogP contribution < -0.4 is 0 Å². The second-order valence-electron chi connectivity index (χ2n) is 1.66. The summed E-state index contributed by atoms with van der Waals surface area (Å²) >= 11 is 3.32. The van der Waals surface area contributed by atoms with Gasteiger partial charge < -0.3 is 0 Å². The number of aromatic nitrogens is 2. The third kappa shape index (κ3) is 1.10. The maximum Gasteiger partial charge on any atom is 1.00 e. The molecule has 0 unspecified atom stereocenters. The normalized spacial score (nSPS) is 9.75. The zero-order valence-electron chi connectivity index (χ0n) is 5.63. The lowest BCUT2D eigenvalue weighted by Gasteiger charge is -1.80. The third-order valence-corrected chi connectivity index (χ3v) is 1.56. The van der Waals surface area contributed by atoms with Gasteiger partial charge in [0.05, 0.1) is 6.20 Å². The van der Waals surface area contributed by atoms with Gasteiger partial charge in [0.15, 0.2) is 0 Å². The number of hydrogen-bond acceptors (Lipinski definition) is 1. The first-order chi connectivity index (χ1) is 3.83. The Morgan fingerprint density at radius 1 is 2.00 bits per heavy atom. The summed E-state index contributed by atoms with van der Waals surface area (Å²) in [6.45, 7) is 0. The van der Waals surface area contributed by atoms with Crippen LogP contribution in [0.25, 0.3) is 0 Å². The molecule has 1 aromatic rings. The lowest BCUT2D eigenvalue weighted by atomic mass is 10.4. The minimum Gasteiger partial charge on any atom is -0.276 e. The molecule has 0 atom stereocenters. The largest absolute Gasteiger partial charge is 1.00 e. The molecule has 0 aliphatic carbocycles. The maximum atomic E-state index is 3.97. The Bertz CT molecular complexity index is 175. The van der Waals surface area contributed by atoms with Gasteiger partial charge in [-0.05, 0) is 0 Å². The van der Waals surface area contributed by atoms with Gasteiger partial charge in [-0.2, -0.15) is 5.10 Å². The summed E-state index contributed by atoms with van der Waals surface area (Å²) in [6.07, 6.45) is 3.82. The fraction of sp³-hybridized carbons (Fsp3) is 0.400. The number of alkyl halides is 1. The SMILES string of the molecule is Cn1cc(CBr)cn1.[H+]. The molecule has 0 saturated carbocycles. The molecule has 0 saturated heterocycles. The lowest BCUT2D eigenvalue weighted by molar-refractivity contribution is 0.767. The molecule has 0 amide bonds. The van der Waals surface area contributed by atoms with Gasteiger partial charge in [0.1, 0.15) is 0 Å². The van der Waals surface area contributed by atoms with E-state index in [-0.39, 0.29) is 1.43 Å². The van der Waals surface area contributed by atoms with Crippen LogP contribution in [0.2, 0.25) is 0 Å². The Balaban J connectivity index is 0.000000640. The second-order valence-corrected chi connectivity index (χ2v) is 2.22. The highest BCUT2D eigenvalue weighted by Crippen LogP contribution is 2.00. The molecule has 1 aromatic heterocycles. The van der Waals surface area contributed by atoms with Crippen molar-refractivity contribution in [2.24, 2.45) is 7.05 Å². The molecular formula is C5H8BrN2+. The molecule has 0 radical (unpaired) electrons. The minimum atomic E-state index is 0. The average Bonchev–Trinajstić information content (AvgIpc) is 2.14. The van der Waals surface area contributed by atoms with Crippen LogP contribution in [0.5, 0.6) is 0 Å². The number of nitrogens with zero attached hydrogens (tertiary/aromatic N) is 2. The van der Waals surface area contributed by atoms with Crippen LogP contribution >= 0.6 is 15.9 Å². The van der Waals surface area contributed by atoms with E-state index >= 15 is 0 Å². The summed E-state index contributed by atoms with van der Waals surface area (Å²) < 4.78 is 1.79. The van der Waals surface area contributed by atoms with Gasteiger partial charge in [-0.25, -0.2) is 0 Å². The van der Waals surface area contributed by atoms with Crippen molar-refractivity contribution < 1.29 is 1.43 Å². The molecule has 0 N–H and O–H groups in total. The Morgan fingerprint density at radius 3 is 3.00 bits per heavy atom. The fourth-order valence-electron chi connectivity index (χ4n) is 0.541. The highest BCUT2D eigenvalue weighted by Gasteiger charge is 1.88. The molecular weight excluding hydrogens is 168 g/mol. The minimum absolute atomic E-state index is 0. The lowest BCUT2D eigenvalue weighted by Crippen LogP contribution is -1.84. The van der Waals surface area contributed by atoms with Crippen molar-refractivity contribution in [3.63, 3.8) is 0 Å². The Kier molecular flexibility index (Phi) is 1.68. The highest BCUT2D eigenvalue weighted by atomic mass is 79.9. The van der Waals surface area contributed by atoms with E-state index in [1.54, 1.807) is 4.68 Å². The molecule has 0 aliphatic heterocycles. The van der Waals surface area contributed by atoms with Crippen LogP contribution in [0.3, 0.4) is 0 Å². The Labute approximate surface area is 58.1 Å². The van der Waals surface area contributed by atoms with Crippen molar-refractivity contribution in [3.05, 3.63) is 18.0 Å². The van der Waals surface area contributed by atoms with E-state index in [1.165, 1.54) is 5.56 Å². The van der Waals surface area contributed by atoms with Crippen molar-refractivity contribution >= 4 is 15.9 Å². The molecule has 3 heteroatoms. The summed E-state index contributed by atoms with van der Waals surface area (Å²) in [6, 6.07) is 0. The summed E-state index contributed by atoms with van der Waals surface area (Å²) in [4.78, 5) is 0. The zero-order chi connectivity index (χ0) is 5.98. The van der Waals surface area contributed by atoms with Crippen LogP contribution in [0.1, 0.15) is 6.99 Å². The average molecular weight is 176 g/mol. The van der Waals surface area contributed by atoms with Crippen LogP contribution in [0.15, 0.2) is 12.4 Å². The third-order valence-electron chi connectivity index (χ3n) is 0.913. The van der Waals surface area contributed by atoms with E-state index in [0.29, 0.717) is 0 Å². The van der Waals surface area contributed by atoms with Gasteiger partial charge >= 0.3 is 1.43 Å². The van der Waals surface area contributed by atoms with Gasteiger partial charge in [-0.15, -0.1) is 0 Å². The van der Waals surface area contributed by atoms with Gasteiger partial charge in [-0.1, -0.05) is 15.9 Å². The van der Waals surface area contributed by atoms with Crippen LogP contribution in [-0.4, -0.2) is 9.78 Å². The van der Waals surface area contributed by atoms with Gasteiger partial charge in [-0.3, -0.25) is 4.68 Å². The highest BCUT2D eigenvalue weighted by molar-refractivity contribution is 9.08. The maximum absolute atomic E-state index is 3.97. The van der Waals surface area contributed by atoms with Crippen molar-refractivity contribution in [1.29, 1.82) is 0 Å². The number of aryl methyl sites for hydroxylation is 1. The first kappa shape index (κ1) is 5.82. The van der Waals surface area contributed by atoms with Gasteiger partial charge in [0.25, 0.3) is 0 Å². The van der Waals surface area contributed by atoms with E-state index in [0.717, 1.165) is 5.33 Å². The van der Waals surface area contributed by atoms with E-state index in [1.807, 2.05) is 19.4 Å². The van der Waals surface area contributed by atoms with Crippen molar-refractivity contribution in [1.82, 2.24) is 9.78 Å². The van der Waals surface area contributed by atoms with E-state index in [9.17, 15) is 0 Å². The van der Waals surface area contributed by atoms with Crippen LogP contribution in [0.4, 0.5) is 0 Å². The van der Waals surface area contributed by atoms with E-state index < -0.39 is 0 Å². The molecule has 0 bridgehead atoms. The van der Waals surface area contributed by atoms with Crippen molar-refractivity contribution in [2.75, 3.05) is 0 Å². The summed E-state index contributed by atoms with van der Waals surface area (Å²) in [7, 11) is 1.91. The molecule has 0 fully saturated rings.